The van der Waals surface area contributed by atoms with Gasteiger partial charge in [-0.05, 0) is 18.6 Å². The van der Waals surface area contributed by atoms with Crippen LogP contribution in [-0.2, 0) is 10.4 Å². The van der Waals surface area contributed by atoms with E-state index in [2.05, 4.69) is 30.5 Å². The van der Waals surface area contributed by atoms with Gasteiger partial charge in [0.1, 0.15) is 0 Å². The number of fused-ring (bicyclic) bond motifs is 1. The van der Waals surface area contributed by atoms with E-state index in [4.69, 9.17) is 0 Å². The minimum absolute atomic E-state index is 0.122. The van der Waals surface area contributed by atoms with Gasteiger partial charge in [0, 0.05) is 40.7 Å². The minimum Gasteiger partial charge on any atom is -0.369 e. The minimum atomic E-state index is -2.02. The average molecular weight is 436 g/mol. The summed E-state index contributed by atoms with van der Waals surface area (Å²) in [7, 11) is 0. The van der Waals surface area contributed by atoms with E-state index in [1.807, 2.05) is 37.3 Å². The molecule has 0 aliphatic carbocycles. The summed E-state index contributed by atoms with van der Waals surface area (Å²) in [4.78, 5) is 24.8. The molecule has 0 aliphatic rings. The molecule has 33 heavy (non-hydrogen) atoms. The van der Waals surface area contributed by atoms with Gasteiger partial charge in [-0.3, -0.25) is 9.78 Å². The first-order valence-electron chi connectivity index (χ1n) is 10.3. The number of hydrogen-bond donors (Lipinski definition) is 3. The van der Waals surface area contributed by atoms with Crippen molar-refractivity contribution in [2.24, 2.45) is 0 Å². The number of aromatic nitrogens is 5. The van der Waals surface area contributed by atoms with E-state index in [9.17, 15) is 9.90 Å². The molecule has 0 bridgehead atoms. The predicted octanol–water partition coefficient (Wildman–Crippen LogP) is 3.60. The maximum Gasteiger partial charge on any atom is 0.269 e. The van der Waals surface area contributed by atoms with Crippen LogP contribution in [0.15, 0.2) is 85.6 Å². The molecule has 3 N–H and O–H groups in total. The van der Waals surface area contributed by atoms with Crippen molar-refractivity contribution < 1.29 is 9.90 Å². The normalized spacial score (nSPS) is 12.9. The van der Waals surface area contributed by atoms with Crippen LogP contribution >= 0.6 is 0 Å². The maximum absolute atomic E-state index is 13.5. The number of aromatic amines is 1. The number of benzene rings is 2. The highest BCUT2D eigenvalue weighted by atomic mass is 16.3. The fourth-order valence-electron chi connectivity index (χ4n) is 3.87. The van der Waals surface area contributed by atoms with Gasteiger partial charge in [0.05, 0.1) is 23.6 Å². The lowest BCUT2D eigenvalue weighted by molar-refractivity contribution is -0.131. The Morgan fingerprint density at radius 3 is 2.58 bits per heavy atom. The molecule has 3 aromatic heterocycles. The molecular formula is C25H20N6O2. The highest BCUT2D eigenvalue weighted by Crippen LogP contribution is 2.33. The zero-order chi connectivity index (χ0) is 22.8. The lowest BCUT2D eigenvalue weighted by Gasteiger charge is -2.26. The van der Waals surface area contributed by atoms with Crippen molar-refractivity contribution in [3.05, 3.63) is 103 Å². The monoisotopic (exact) mass is 436 g/mol. The first kappa shape index (κ1) is 20.5. The molecule has 0 saturated carbocycles. The van der Waals surface area contributed by atoms with Crippen molar-refractivity contribution >= 4 is 22.5 Å². The molecule has 8 nitrogen and oxygen atoms in total. The summed E-state index contributed by atoms with van der Waals surface area (Å²) >= 11 is 0. The highest BCUT2D eigenvalue weighted by Gasteiger charge is 2.42. The van der Waals surface area contributed by atoms with Crippen LogP contribution in [0.1, 0.15) is 17.0 Å². The van der Waals surface area contributed by atoms with Gasteiger partial charge in [-0.1, -0.05) is 48.5 Å². The number of carbonyl (C=O) groups is 1. The molecule has 8 heteroatoms. The molecule has 0 aliphatic heterocycles. The van der Waals surface area contributed by atoms with Gasteiger partial charge in [0.2, 0.25) is 5.60 Å². The molecule has 0 unspecified atom stereocenters. The largest absolute Gasteiger partial charge is 0.369 e. The molecule has 0 fully saturated rings. The van der Waals surface area contributed by atoms with Crippen LogP contribution in [0.5, 0.6) is 0 Å². The summed E-state index contributed by atoms with van der Waals surface area (Å²) in [6.45, 7) is 1.89. The number of imidazole rings is 1. The number of anilines is 1. The highest BCUT2D eigenvalue weighted by molar-refractivity contribution is 6.01. The Morgan fingerprint density at radius 2 is 1.79 bits per heavy atom. The summed E-state index contributed by atoms with van der Waals surface area (Å²) in [5.41, 5.74) is 2.05. The van der Waals surface area contributed by atoms with Gasteiger partial charge in [-0.25, -0.2) is 4.98 Å². The van der Waals surface area contributed by atoms with E-state index >= 15 is 0 Å². The number of rotatable bonds is 5. The van der Waals surface area contributed by atoms with Gasteiger partial charge in [0.25, 0.3) is 5.91 Å². The number of hydrogen-bond acceptors (Lipinski definition) is 6. The van der Waals surface area contributed by atoms with E-state index in [1.165, 1.54) is 6.20 Å². The average Bonchev–Trinajstić information content (AvgIpc) is 3.41. The number of nitrogens with one attached hydrogen (secondary N) is 2. The van der Waals surface area contributed by atoms with Crippen LogP contribution in [-0.4, -0.2) is 36.2 Å². The zero-order valence-electron chi connectivity index (χ0n) is 17.7. The predicted molar refractivity (Wildman–Crippen MR) is 124 cm³/mol. The lowest BCUT2D eigenvalue weighted by Crippen LogP contribution is -2.42. The van der Waals surface area contributed by atoms with E-state index in [-0.39, 0.29) is 5.82 Å². The van der Waals surface area contributed by atoms with Crippen LogP contribution in [0, 0.1) is 6.92 Å². The van der Waals surface area contributed by atoms with Crippen LogP contribution < -0.4 is 5.32 Å². The first-order valence-corrected chi connectivity index (χ1v) is 10.3. The smallest absolute Gasteiger partial charge is 0.269 e. The van der Waals surface area contributed by atoms with Crippen LogP contribution in [0.4, 0.5) is 5.69 Å². The molecule has 3 heterocycles. The third kappa shape index (κ3) is 3.52. The first-order chi connectivity index (χ1) is 16.1. The van der Waals surface area contributed by atoms with Gasteiger partial charge >= 0.3 is 0 Å². The van der Waals surface area contributed by atoms with Crippen molar-refractivity contribution in [1.82, 2.24) is 25.1 Å². The summed E-state index contributed by atoms with van der Waals surface area (Å²) in [5, 5.41) is 23.6. The quantitative estimate of drug-likeness (QED) is 0.388. The second-order valence-corrected chi connectivity index (χ2v) is 7.60. The lowest BCUT2D eigenvalue weighted by atomic mass is 9.91. The fourth-order valence-corrected chi connectivity index (χ4v) is 3.87. The Balaban J connectivity index is 1.57. The Kier molecular flexibility index (Phi) is 5.12. The molecule has 0 radical (unpaired) electrons. The number of nitrogens with zero attached hydrogens (tertiary/aromatic N) is 4. The van der Waals surface area contributed by atoms with E-state index in [1.54, 1.807) is 49.1 Å². The van der Waals surface area contributed by atoms with Crippen molar-refractivity contribution in [2.75, 3.05) is 5.32 Å². The molecule has 0 spiro atoms. The molecule has 1 atom stereocenters. The summed E-state index contributed by atoms with van der Waals surface area (Å²) in [6.07, 6.45) is 8.02. The SMILES string of the molecule is Cc1c(NC(=O)[C@@](O)(c2ccccc2)c2ncc[nH]2)cncc1-c1cnnc2ccccc12. The third-order valence-electron chi connectivity index (χ3n) is 5.66. The van der Waals surface area contributed by atoms with E-state index in [0.717, 1.165) is 27.6 Å². The summed E-state index contributed by atoms with van der Waals surface area (Å²) in [5.74, 6) is -0.527. The molecule has 0 saturated heterocycles. The third-order valence-corrected chi connectivity index (χ3v) is 5.66. The topological polar surface area (TPSA) is 117 Å². The van der Waals surface area contributed by atoms with Crippen LogP contribution in [0.2, 0.25) is 0 Å². The standard InChI is InChI=1S/C25H20N6O2/c1-16-19(20-14-29-31-21-10-6-5-9-18(20)21)13-26-15-22(16)30-24(32)25(33,23-27-11-12-28-23)17-7-3-2-4-8-17/h2-15,33H,1H3,(H,27,28)(H,30,32)/t25-/m1/s1. The number of pyridine rings is 1. The molecule has 2 aromatic carbocycles. The van der Waals surface area contributed by atoms with Gasteiger partial charge in [-0.15, -0.1) is 0 Å². The Bertz CT molecular complexity index is 1430. The second kappa shape index (κ2) is 8.25. The molecule has 5 rings (SSSR count). The Morgan fingerprint density at radius 1 is 1.00 bits per heavy atom. The summed E-state index contributed by atoms with van der Waals surface area (Å²) < 4.78 is 0. The maximum atomic E-state index is 13.5. The molecule has 1 amide bonds. The molecular weight excluding hydrogens is 416 g/mol. The number of aliphatic hydroxyl groups is 1. The van der Waals surface area contributed by atoms with Crippen molar-refractivity contribution in [3.8, 4) is 11.1 Å². The Hall–Kier alpha value is -4.43. The fraction of sp³-hybridized carbons (Fsp3) is 0.0800. The van der Waals surface area contributed by atoms with Gasteiger partial charge in [0.15, 0.2) is 5.82 Å². The number of amides is 1. The van der Waals surface area contributed by atoms with E-state index < -0.39 is 11.5 Å². The van der Waals surface area contributed by atoms with Crippen molar-refractivity contribution in [1.29, 1.82) is 0 Å². The molecule has 162 valence electrons. The summed E-state index contributed by atoms with van der Waals surface area (Å²) in [6, 6.07) is 16.4. The molecule has 5 aromatic rings. The Labute approximate surface area is 189 Å². The van der Waals surface area contributed by atoms with Gasteiger partial charge in [-0.2, -0.15) is 10.2 Å². The number of H-pyrrole nitrogens is 1. The van der Waals surface area contributed by atoms with E-state index in [0.29, 0.717) is 11.3 Å². The van der Waals surface area contributed by atoms with Gasteiger partial charge < -0.3 is 15.4 Å². The second-order valence-electron chi connectivity index (χ2n) is 7.60. The zero-order valence-corrected chi connectivity index (χ0v) is 17.7. The van der Waals surface area contributed by atoms with Crippen molar-refractivity contribution in [2.45, 2.75) is 12.5 Å². The number of carbonyl (C=O) groups excluding carboxylic acids is 1. The van der Waals surface area contributed by atoms with Crippen LogP contribution in [0.3, 0.4) is 0 Å². The van der Waals surface area contributed by atoms with Crippen molar-refractivity contribution in [3.63, 3.8) is 0 Å². The van der Waals surface area contributed by atoms with Crippen LogP contribution in [0.25, 0.3) is 22.0 Å².